The number of benzene rings is 1. The molecule has 22 heavy (non-hydrogen) atoms. The molecule has 116 valence electrons. The van der Waals surface area contributed by atoms with Gasteiger partial charge in [0.25, 0.3) is 5.56 Å². The summed E-state index contributed by atoms with van der Waals surface area (Å²) in [6.45, 7) is 4.97. The highest BCUT2D eigenvalue weighted by Crippen LogP contribution is 2.23. The van der Waals surface area contributed by atoms with E-state index in [1.54, 1.807) is 18.2 Å². The first-order valence-electron chi connectivity index (χ1n) is 7.70. The largest absolute Gasteiger partial charge is 0.338 e. The van der Waals surface area contributed by atoms with Crippen LogP contribution in [0.15, 0.2) is 29.1 Å². The zero-order chi connectivity index (χ0) is 15.7. The minimum Gasteiger partial charge on any atom is -0.338 e. The number of fused-ring (bicyclic) bond motifs is 1. The molecule has 0 bridgehead atoms. The lowest BCUT2D eigenvalue weighted by molar-refractivity contribution is -0.133. The summed E-state index contributed by atoms with van der Waals surface area (Å²) in [5.41, 5.74) is 0.289. The molecular weight excluding hydrogens is 280 g/mol. The highest BCUT2D eigenvalue weighted by atomic mass is 16.2. The van der Waals surface area contributed by atoms with E-state index in [2.05, 4.69) is 24.2 Å². The van der Waals surface area contributed by atoms with Crippen molar-refractivity contribution in [2.45, 2.75) is 39.3 Å². The van der Waals surface area contributed by atoms with Gasteiger partial charge in [0.1, 0.15) is 12.1 Å². The van der Waals surface area contributed by atoms with Crippen molar-refractivity contribution in [2.75, 3.05) is 6.54 Å². The summed E-state index contributed by atoms with van der Waals surface area (Å²) in [5.74, 6) is 0.369. The fraction of sp³-hybridized carbons (Fsp3) is 0.500. The molecule has 0 spiro atoms. The number of nitrogens with zero attached hydrogens (tertiary/aromatic N) is 4. The summed E-state index contributed by atoms with van der Waals surface area (Å²) in [4.78, 5) is 26.8. The average molecular weight is 300 g/mol. The van der Waals surface area contributed by atoms with Gasteiger partial charge in [-0.25, -0.2) is 4.68 Å². The molecule has 0 N–H and O–H groups in total. The second-order valence-corrected chi connectivity index (χ2v) is 6.11. The van der Waals surface area contributed by atoms with E-state index in [0.29, 0.717) is 16.8 Å². The van der Waals surface area contributed by atoms with Crippen LogP contribution < -0.4 is 5.56 Å². The number of carbonyl (C=O) groups is 1. The third-order valence-corrected chi connectivity index (χ3v) is 4.30. The molecule has 1 aromatic heterocycles. The van der Waals surface area contributed by atoms with Gasteiger partial charge in [-0.2, -0.15) is 0 Å². The maximum Gasteiger partial charge on any atom is 0.278 e. The molecule has 1 atom stereocenters. The summed E-state index contributed by atoms with van der Waals surface area (Å²) < 4.78 is 1.17. The molecule has 2 aromatic rings. The normalized spacial score (nSPS) is 18.3. The first kappa shape index (κ1) is 14.7. The predicted octanol–water partition coefficient (Wildman–Crippen LogP) is 1.44. The maximum absolute atomic E-state index is 12.5. The molecular formula is C16H20N4O2. The van der Waals surface area contributed by atoms with Crippen molar-refractivity contribution in [2.24, 2.45) is 5.92 Å². The first-order chi connectivity index (χ1) is 10.6. The molecule has 1 amide bonds. The van der Waals surface area contributed by atoms with E-state index >= 15 is 0 Å². The van der Waals surface area contributed by atoms with Crippen molar-refractivity contribution in [1.82, 2.24) is 19.9 Å². The van der Waals surface area contributed by atoms with Gasteiger partial charge < -0.3 is 4.90 Å². The number of likely N-dealkylation sites (tertiary alicyclic amines) is 1. The highest BCUT2D eigenvalue weighted by Gasteiger charge is 2.31. The molecule has 1 aliphatic heterocycles. The lowest BCUT2D eigenvalue weighted by Crippen LogP contribution is -2.42. The SMILES string of the molecule is CC(C)[C@H]1CCCN1C(=O)Cn1nnc2ccccc2c1=O. The van der Waals surface area contributed by atoms with Gasteiger partial charge in [-0.3, -0.25) is 9.59 Å². The fourth-order valence-electron chi connectivity index (χ4n) is 3.14. The second-order valence-electron chi connectivity index (χ2n) is 6.11. The van der Waals surface area contributed by atoms with Crippen LogP contribution in [0.3, 0.4) is 0 Å². The Kier molecular flexibility index (Phi) is 3.92. The van der Waals surface area contributed by atoms with Gasteiger partial charge in [-0.15, -0.1) is 5.10 Å². The van der Waals surface area contributed by atoms with Crippen LogP contribution in [0.5, 0.6) is 0 Å². The summed E-state index contributed by atoms with van der Waals surface area (Å²) in [7, 11) is 0. The van der Waals surface area contributed by atoms with Gasteiger partial charge in [-0.05, 0) is 30.9 Å². The lowest BCUT2D eigenvalue weighted by atomic mass is 10.0. The van der Waals surface area contributed by atoms with Crippen LogP contribution in [0.1, 0.15) is 26.7 Å². The van der Waals surface area contributed by atoms with Crippen molar-refractivity contribution in [3.8, 4) is 0 Å². The topological polar surface area (TPSA) is 68.1 Å². The van der Waals surface area contributed by atoms with E-state index in [0.717, 1.165) is 19.4 Å². The average Bonchev–Trinajstić information content (AvgIpc) is 3.00. The molecule has 0 unspecified atom stereocenters. The summed E-state index contributed by atoms with van der Waals surface area (Å²) in [6, 6.07) is 7.30. The minimum atomic E-state index is -0.265. The van der Waals surface area contributed by atoms with Crippen molar-refractivity contribution in [3.63, 3.8) is 0 Å². The van der Waals surface area contributed by atoms with Crippen LogP contribution >= 0.6 is 0 Å². The molecule has 6 nitrogen and oxygen atoms in total. The third kappa shape index (κ3) is 2.61. The Bertz CT molecular complexity index is 753. The van der Waals surface area contributed by atoms with Crippen LogP contribution in [0.2, 0.25) is 0 Å². The monoisotopic (exact) mass is 300 g/mol. The highest BCUT2D eigenvalue weighted by molar-refractivity contribution is 5.78. The van der Waals surface area contributed by atoms with Gasteiger partial charge in [0.2, 0.25) is 5.91 Å². The van der Waals surface area contributed by atoms with Crippen LogP contribution in [0, 0.1) is 5.92 Å². The summed E-state index contributed by atoms with van der Waals surface area (Å²) >= 11 is 0. The molecule has 6 heteroatoms. The Labute approximate surface area is 128 Å². The Morgan fingerprint density at radius 2 is 2.14 bits per heavy atom. The van der Waals surface area contributed by atoms with Gasteiger partial charge in [-0.1, -0.05) is 31.2 Å². The van der Waals surface area contributed by atoms with Crippen molar-refractivity contribution in [1.29, 1.82) is 0 Å². The lowest BCUT2D eigenvalue weighted by Gasteiger charge is -2.27. The van der Waals surface area contributed by atoms with Crippen LogP contribution in [-0.2, 0) is 11.3 Å². The number of hydrogen-bond donors (Lipinski definition) is 0. The number of hydrogen-bond acceptors (Lipinski definition) is 4. The van der Waals surface area contributed by atoms with Gasteiger partial charge in [0.15, 0.2) is 0 Å². The van der Waals surface area contributed by atoms with Crippen LogP contribution in [0.25, 0.3) is 10.9 Å². The molecule has 2 heterocycles. The number of aromatic nitrogens is 3. The molecule has 1 aliphatic rings. The zero-order valence-corrected chi connectivity index (χ0v) is 12.9. The molecule has 0 aliphatic carbocycles. The van der Waals surface area contributed by atoms with Gasteiger partial charge in [0, 0.05) is 12.6 Å². The Morgan fingerprint density at radius 3 is 2.91 bits per heavy atom. The number of carbonyl (C=O) groups excluding carboxylic acids is 1. The molecule has 0 radical (unpaired) electrons. The third-order valence-electron chi connectivity index (χ3n) is 4.30. The maximum atomic E-state index is 12.5. The smallest absolute Gasteiger partial charge is 0.278 e. The number of rotatable bonds is 3. The van der Waals surface area contributed by atoms with Crippen LogP contribution in [0.4, 0.5) is 0 Å². The van der Waals surface area contributed by atoms with E-state index in [4.69, 9.17) is 0 Å². The van der Waals surface area contributed by atoms with E-state index in [1.807, 2.05) is 11.0 Å². The Balaban J connectivity index is 1.85. The standard InChI is InChI=1S/C16H20N4O2/c1-11(2)14-8-5-9-19(14)15(21)10-20-16(22)12-6-3-4-7-13(12)17-18-20/h3-4,6-7,11,14H,5,8-10H2,1-2H3/t14-/m1/s1. The van der Waals surface area contributed by atoms with E-state index < -0.39 is 0 Å². The number of amides is 1. The zero-order valence-electron chi connectivity index (χ0n) is 12.9. The molecule has 0 saturated carbocycles. The van der Waals surface area contributed by atoms with E-state index in [9.17, 15) is 9.59 Å². The van der Waals surface area contributed by atoms with Gasteiger partial charge in [0.05, 0.1) is 5.39 Å². The van der Waals surface area contributed by atoms with Gasteiger partial charge >= 0.3 is 0 Å². The Morgan fingerprint density at radius 1 is 1.36 bits per heavy atom. The summed E-state index contributed by atoms with van der Waals surface area (Å²) in [5, 5.41) is 8.41. The van der Waals surface area contributed by atoms with Crippen molar-refractivity contribution >= 4 is 16.8 Å². The van der Waals surface area contributed by atoms with E-state index in [1.165, 1.54) is 4.68 Å². The van der Waals surface area contributed by atoms with E-state index in [-0.39, 0.29) is 24.1 Å². The molecule has 1 aromatic carbocycles. The van der Waals surface area contributed by atoms with Crippen LogP contribution in [-0.4, -0.2) is 38.4 Å². The summed E-state index contributed by atoms with van der Waals surface area (Å²) in [6.07, 6.45) is 2.05. The van der Waals surface area contributed by atoms with Crippen molar-refractivity contribution < 1.29 is 4.79 Å². The predicted molar refractivity (Wildman–Crippen MR) is 83.4 cm³/mol. The molecule has 3 rings (SSSR count). The quantitative estimate of drug-likeness (QED) is 0.860. The molecule has 1 fully saturated rings. The first-order valence-corrected chi connectivity index (χ1v) is 7.70. The molecule has 1 saturated heterocycles. The Hall–Kier alpha value is -2.24. The fourth-order valence-corrected chi connectivity index (χ4v) is 3.14. The second kappa shape index (κ2) is 5.87. The minimum absolute atomic E-state index is 0.0418. The van der Waals surface area contributed by atoms with Crippen molar-refractivity contribution in [3.05, 3.63) is 34.6 Å².